The summed E-state index contributed by atoms with van der Waals surface area (Å²) in [5.41, 5.74) is 6.86. The van der Waals surface area contributed by atoms with E-state index in [0.717, 1.165) is 28.1 Å². The number of aromatic nitrogens is 4. The van der Waals surface area contributed by atoms with Gasteiger partial charge in [0.05, 0.1) is 32.2 Å². The number of nitrogen functional groups attached to an aromatic ring is 1. The zero-order chi connectivity index (χ0) is 42.3. The van der Waals surface area contributed by atoms with Crippen LogP contribution < -0.4 is 20.5 Å². The van der Waals surface area contributed by atoms with Crippen molar-refractivity contribution in [3.8, 4) is 11.5 Å². The molecule has 60 heavy (non-hydrogen) atoms. The summed E-state index contributed by atoms with van der Waals surface area (Å²) in [6.45, 7) is -6.34. The SMILES string of the molecule is COc1ccc(C(=O)Oc2ccc(CSP3(=O)OCC4O[C@@H](n5cnc6c(N)ncnc65)[C@H](F)[C@@H]4OP(=O)(O)OC[C@H]4O[C@@H](N5C=CC(=O)NC5O)[C@H](F)[C@@H]4O3)cc2)cc1. The molecule has 3 fully saturated rings. The Bertz CT molecular complexity index is 2370. The number of nitrogens with two attached hydrogens (primary N) is 1. The molecule has 6 heterocycles. The molecule has 0 saturated carbocycles. The number of carbonyl (C=O) groups excluding carboxylic acids is 2. The van der Waals surface area contributed by atoms with E-state index in [2.05, 4.69) is 20.3 Å². The zero-order valence-corrected chi connectivity index (χ0v) is 33.5. The van der Waals surface area contributed by atoms with Crippen LogP contribution in [0.5, 0.6) is 11.5 Å². The molecule has 4 aliphatic heterocycles. The normalized spacial score (nSPS) is 33.3. The minimum Gasteiger partial charge on any atom is -0.497 e. The third kappa shape index (κ3) is 8.76. The van der Waals surface area contributed by atoms with Crippen LogP contribution in [-0.4, -0.2) is 116 Å². The van der Waals surface area contributed by atoms with Gasteiger partial charge in [0.1, 0.15) is 47.8 Å². The third-order valence-electron chi connectivity index (χ3n) is 9.59. The maximum atomic E-state index is 16.4. The van der Waals surface area contributed by atoms with Crippen molar-refractivity contribution < 1.29 is 74.5 Å². The molecule has 320 valence electrons. The lowest BCUT2D eigenvalue weighted by atomic mass is 10.1. The van der Waals surface area contributed by atoms with Gasteiger partial charge in [0, 0.05) is 18.0 Å². The van der Waals surface area contributed by atoms with Gasteiger partial charge in [-0.2, -0.15) is 0 Å². The first-order chi connectivity index (χ1) is 28.7. The Labute approximate surface area is 341 Å². The number of phosphoric ester groups is 1. The Kier molecular flexibility index (Phi) is 12.0. The van der Waals surface area contributed by atoms with Crippen LogP contribution in [-0.2, 0) is 47.2 Å². The second kappa shape index (κ2) is 17.1. The van der Waals surface area contributed by atoms with Crippen LogP contribution in [0.1, 0.15) is 22.1 Å². The van der Waals surface area contributed by atoms with Gasteiger partial charge >= 0.3 is 20.6 Å². The van der Waals surface area contributed by atoms with Crippen molar-refractivity contribution in [1.82, 2.24) is 29.7 Å². The number of nitrogens with zero attached hydrogens (tertiary/aromatic N) is 5. The van der Waals surface area contributed by atoms with Crippen LogP contribution in [0.25, 0.3) is 11.2 Å². The fraction of sp³-hybridized carbons (Fsp3) is 0.382. The van der Waals surface area contributed by atoms with Crippen LogP contribution in [0.15, 0.2) is 73.5 Å². The van der Waals surface area contributed by atoms with E-state index < -0.39 is 95.3 Å². The molecule has 0 bridgehead atoms. The highest BCUT2D eigenvalue weighted by Crippen LogP contribution is 2.64. The second-order valence-corrected chi connectivity index (χ2v) is 18.9. The minimum atomic E-state index is -5.21. The van der Waals surface area contributed by atoms with Crippen LogP contribution in [0, 0.1) is 0 Å². The lowest BCUT2D eigenvalue weighted by Gasteiger charge is -2.34. The van der Waals surface area contributed by atoms with E-state index in [-0.39, 0.29) is 34.0 Å². The van der Waals surface area contributed by atoms with Crippen molar-refractivity contribution >= 4 is 54.9 Å². The van der Waals surface area contributed by atoms with Crippen LogP contribution in [0.3, 0.4) is 0 Å². The number of aliphatic hydroxyl groups is 1. The number of hydrogen-bond acceptors (Lipinski definition) is 19. The summed E-state index contributed by atoms with van der Waals surface area (Å²) in [6.07, 6.45) is -12.2. The number of halogens is 2. The smallest absolute Gasteiger partial charge is 0.472 e. The number of alkyl halides is 2. The highest BCUT2D eigenvalue weighted by Gasteiger charge is 2.56. The van der Waals surface area contributed by atoms with Gasteiger partial charge in [0.2, 0.25) is 12.3 Å². The second-order valence-electron chi connectivity index (χ2n) is 13.4. The quantitative estimate of drug-likeness (QED) is 0.112. The van der Waals surface area contributed by atoms with E-state index in [0.29, 0.717) is 22.7 Å². The summed E-state index contributed by atoms with van der Waals surface area (Å²) in [4.78, 5) is 48.2. The molecule has 1 amide bonds. The number of rotatable bonds is 8. The maximum Gasteiger partial charge on any atom is 0.472 e. The van der Waals surface area contributed by atoms with Gasteiger partial charge in [-0.05, 0) is 53.3 Å². The van der Waals surface area contributed by atoms with Crippen molar-refractivity contribution in [2.24, 2.45) is 0 Å². The Morgan fingerprint density at radius 2 is 1.63 bits per heavy atom. The lowest BCUT2D eigenvalue weighted by molar-refractivity contribution is -0.147. The molecule has 4 unspecified atom stereocenters. The Morgan fingerprint density at radius 3 is 2.35 bits per heavy atom. The van der Waals surface area contributed by atoms with Gasteiger partial charge in [-0.15, -0.1) is 0 Å². The van der Waals surface area contributed by atoms with Gasteiger partial charge < -0.3 is 44.9 Å². The molecule has 5 N–H and O–H groups in total. The first-order valence-corrected chi connectivity index (χ1v) is 22.5. The van der Waals surface area contributed by atoms with E-state index in [1.54, 1.807) is 24.3 Å². The first-order valence-electron chi connectivity index (χ1n) is 17.9. The Morgan fingerprint density at radius 1 is 0.967 bits per heavy atom. The monoisotopic (exact) mass is 897 g/mol. The number of ether oxygens (including phenoxy) is 4. The van der Waals surface area contributed by atoms with Crippen molar-refractivity contribution in [1.29, 1.82) is 0 Å². The van der Waals surface area contributed by atoms with Gasteiger partial charge in [-0.25, -0.2) is 37.7 Å². The topological polar surface area (TPSA) is 267 Å². The molecule has 0 radical (unpaired) electrons. The molecule has 8 rings (SSSR count). The molecule has 11 atom stereocenters. The average molecular weight is 898 g/mol. The molecule has 21 nitrogen and oxygen atoms in total. The number of amides is 1. The number of hydrogen-bond donors (Lipinski definition) is 4. The standard InChI is InChI=1S/C34H35F2N7O14P2S/c1-50-19-8-4-18(5-9-19)33(45)53-20-6-2-17(3-7-20)14-60-59(49)52-13-22-27(24(35)32(55-22)43-16-40-26-29(37)38-15-39-30(26)43)56-58(47,48)51-12-21-28(57-59)25(36)31(54-21)42-11-10-23(44)41-34(42)46/h2-11,15-16,21-22,24-25,27-28,31-32,34,46H,12-14H2,1H3,(H,41,44)(H,47,48)(H2,37,38,39)/t21-,22?,24-,25-,27-,28-,31-,32-,34?,59?/m1/s1. The molecular weight excluding hydrogens is 862 g/mol. The minimum absolute atomic E-state index is 0.0115. The number of aliphatic hydroxyl groups excluding tert-OH is 1. The maximum absolute atomic E-state index is 16.4. The number of imidazole rings is 1. The first kappa shape index (κ1) is 42.1. The van der Waals surface area contributed by atoms with Crippen molar-refractivity contribution in [2.75, 3.05) is 26.1 Å². The summed E-state index contributed by atoms with van der Waals surface area (Å²) in [7, 11) is -3.72. The Balaban J connectivity index is 1.05. The average Bonchev–Trinajstić information content (AvgIpc) is 3.89. The van der Waals surface area contributed by atoms with E-state index in [1.807, 2.05) is 0 Å². The molecule has 2 aromatic carbocycles. The summed E-state index contributed by atoms with van der Waals surface area (Å²) in [5, 5.41) is 12.6. The highest BCUT2D eigenvalue weighted by atomic mass is 32.7. The van der Waals surface area contributed by atoms with Gasteiger partial charge in [-0.3, -0.25) is 27.5 Å². The number of methoxy groups -OCH3 is 1. The van der Waals surface area contributed by atoms with Gasteiger partial charge in [-0.1, -0.05) is 12.1 Å². The van der Waals surface area contributed by atoms with E-state index in [1.165, 1.54) is 37.7 Å². The van der Waals surface area contributed by atoms with Gasteiger partial charge in [0.15, 0.2) is 36.3 Å². The molecular formula is C34H35F2N7O14P2S. The van der Waals surface area contributed by atoms with E-state index >= 15 is 8.78 Å². The summed E-state index contributed by atoms with van der Waals surface area (Å²) in [6, 6.07) is 12.4. The van der Waals surface area contributed by atoms with Crippen molar-refractivity contribution in [3.05, 3.63) is 84.6 Å². The van der Waals surface area contributed by atoms with Gasteiger partial charge in [0.25, 0.3) is 0 Å². The summed E-state index contributed by atoms with van der Waals surface area (Å²) >= 11 is 0.603. The lowest BCUT2D eigenvalue weighted by Crippen LogP contribution is -2.54. The fourth-order valence-corrected chi connectivity index (χ4v) is 10.9. The molecule has 0 aliphatic carbocycles. The number of anilines is 1. The summed E-state index contributed by atoms with van der Waals surface area (Å²) < 4.78 is 107. The highest BCUT2D eigenvalue weighted by molar-refractivity contribution is 8.54. The molecule has 0 spiro atoms. The predicted molar refractivity (Wildman–Crippen MR) is 202 cm³/mol. The van der Waals surface area contributed by atoms with Crippen LogP contribution >= 0.6 is 26.0 Å². The third-order valence-corrected chi connectivity index (χ3v) is 14.2. The number of benzene rings is 2. The van der Waals surface area contributed by atoms with Crippen LogP contribution in [0.2, 0.25) is 0 Å². The molecule has 4 aromatic rings. The predicted octanol–water partition coefficient (Wildman–Crippen LogP) is 3.12. The van der Waals surface area contributed by atoms with E-state index in [9.17, 15) is 28.7 Å². The number of nitrogens with one attached hydrogen (secondary N) is 1. The van der Waals surface area contributed by atoms with Crippen molar-refractivity contribution in [2.45, 2.75) is 61.3 Å². The zero-order valence-electron chi connectivity index (χ0n) is 30.9. The molecule has 3 saturated heterocycles. The molecule has 4 aliphatic rings. The van der Waals surface area contributed by atoms with Crippen molar-refractivity contribution in [3.63, 3.8) is 0 Å². The molecule has 2 aromatic heterocycles. The number of esters is 1. The van der Waals surface area contributed by atoms with Crippen LogP contribution in [0.4, 0.5) is 14.6 Å². The number of fused-ring (bicyclic) bond motifs is 3. The number of carbonyl (C=O) groups is 2. The number of phosphoric acid groups is 1. The Hall–Kier alpha value is -4.58. The van der Waals surface area contributed by atoms with E-state index in [4.69, 9.17) is 42.8 Å². The fourth-order valence-electron chi connectivity index (χ4n) is 6.60. The summed E-state index contributed by atoms with van der Waals surface area (Å²) in [5.74, 6) is -0.682. The largest absolute Gasteiger partial charge is 0.497 e. The molecule has 26 heteroatoms.